The summed E-state index contributed by atoms with van der Waals surface area (Å²) in [6, 6.07) is 15.2. The highest BCUT2D eigenvalue weighted by atomic mass is 79.9. The Morgan fingerprint density at radius 1 is 1.11 bits per heavy atom. The second-order valence-electron chi connectivity index (χ2n) is 5.16. The molecule has 0 unspecified atom stereocenters. The van der Waals surface area contributed by atoms with E-state index in [-0.39, 0.29) is 11.2 Å². The SMILES string of the molecule is Fc1cccc(C2(Cc3ccccc3Br)CNC2)c1. The molecule has 1 aliphatic rings. The van der Waals surface area contributed by atoms with Gasteiger partial charge < -0.3 is 5.32 Å². The minimum atomic E-state index is -0.157. The van der Waals surface area contributed by atoms with E-state index < -0.39 is 0 Å². The molecule has 1 aliphatic heterocycles. The van der Waals surface area contributed by atoms with Crippen LogP contribution in [0.4, 0.5) is 4.39 Å². The first kappa shape index (κ1) is 12.8. The third-order valence-electron chi connectivity index (χ3n) is 3.85. The minimum Gasteiger partial charge on any atom is -0.315 e. The van der Waals surface area contributed by atoms with E-state index >= 15 is 0 Å². The Morgan fingerprint density at radius 2 is 1.89 bits per heavy atom. The van der Waals surface area contributed by atoms with Gasteiger partial charge in [-0.1, -0.05) is 46.3 Å². The van der Waals surface area contributed by atoms with Crippen LogP contribution in [0, 0.1) is 5.82 Å². The van der Waals surface area contributed by atoms with Gasteiger partial charge in [-0.3, -0.25) is 0 Å². The second kappa shape index (κ2) is 5.06. The quantitative estimate of drug-likeness (QED) is 0.910. The van der Waals surface area contributed by atoms with Crippen molar-refractivity contribution in [3.63, 3.8) is 0 Å². The van der Waals surface area contributed by atoms with Crippen molar-refractivity contribution in [3.8, 4) is 0 Å². The number of rotatable bonds is 3. The summed E-state index contributed by atoms with van der Waals surface area (Å²) >= 11 is 3.59. The van der Waals surface area contributed by atoms with Gasteiger partial charge >= 0.3 is 0 Å². The van der Waals surface area contributed by atoms with Gasteiger partial charge in [-0.2, -0.15) is 0 Å². The average Bonchev–Trinajstić information content (AvgIpc) is 2.36. The smallest absolute Gasteiger partial charge is 0.123 e. The topological polar surface area (TPSA) is 12.0 Å². The van der Waals surface area contributed by atoms with Crippen LogP contribution >= 0.6 is 15.9 Å². The molecular weight excluding hydrogens is 305 g/mol. The van der Waals surface area contributed by atoms with E-state index in [1.54, 1.807) is 12.1 Å². The lowest BCUT2D eigenvalue weighted by Crippen LogP contribution is -2.58. The van der Waals surface area contributed by atoms with E-state index in [9.17, 15) is 4.39 Å². The number of benzene rings is 2. The number of halogens is 2. The third kappa shape index (κ3) is 2.45. The van der Waals surface area contributed by atoms with Crippen molar-refractivity contribution in [1.82, 2.24) is 5.32 Å². The van der Waals surface area contributed by atoms with Crippen molar-refractivity contribution < 1.29 is 4.39 Å². The fraction of sp³-hybridized carbons (Fsp3) is 0.250. The molecule has 1 fully saturated rings. The Kier molecular flexibility index (Phi) is 3.42. The van der Waals surface area contributed by atoms with Crippen molar-refractivity contribution in [2.75, 3.05) is 13.1 Å². The summed E-state index contributed by atoms with van der Waals surface area (Å²) in [5, 5.41) is 3.32. The molecule has 2 aromatic carbocycles. The lowest BCUT2D eigenvalue weighted by Gasteiger charge is -2.43. The average molecular weight is 320 g/mol. The zero-order valence-corrected chi connectivity index (χ0v) is 12.1. The predicted octanol–water partition coefficient (Wildman–Crippen LogP) is 3.67. The number of hydrogen-bond donors (Lipinski definition) is 1. The highest BCUT2D eigenvalue weighted by Gasteiger charge is 2.39. The van der Waals surface area contributed by atoms with Crippen molar-refractivity contribution in [2.24, 2.45) is 0 Å². The first-order valence-electron chi connectivity index (χ1n) is 6.40. The molecule has 19 heavy (non-hydrogen) atoms. The zero-order valence-electron chi connectivity index (χ0n) is 10.5. The van der Waals surface area contributed by atoms with Crippen molar-refractivity contribution in [1.29, 1.82) is 0 Å². The first-order chi connectivity index (χ1) is 9.20. The molecule has 1 heterocycles. The van der Waals surface area contributed by atoms with Gasteiger partial charge in [-0.15, -0.1) is 0 Å². The number of nitrogens with one attached hydrogen (secondary N) is 1. The van der Waals surface area contributed by atoms with Crippen LogP contribution in [0.3, 0.4) is 0 Å². The molecule has 0 aliphatic carbocycles. The summed E-state index contributed by atoms with van der Waals surface area (Å²) in [5.41, 5.74) is 2.38. The normalized spacial score (nSPS) is 16.9. The van der Waals surface area contributed by atoms with Gasteiger partial charge in [0.1, 0.15) is 5.82 Å². The Balaban J connectivity index is 1.94. The van der Waals surface area contributed by atoms with E-state index in [1.165, 1.54) is 11.6 Å². The second-order valence-corrected chi connectivity index (χ2v) is 6.02. The van der Waals surface area contributed by atoms with Crippen LogP contribution < -0.4 is 5.32 Å². The summed E-state index contributed by atoms with van der Waals surface area (Å²) in [5.74, 6) is -0.157. The van der Waals surface area contributed by atoms with Crippen LogP contribution in [0.5, 0.6) is 0 Å². The van der Waals surface area contributed by atoms with E-state index in [4.69, 9.17) is 0 Å². The van der Waals surface area contributed by atoms with Gasteiger partial charge in [-0.25, -0.2) is 4.39 Å². The van der Waals surface area contributed by atoms with Gasteiger partial charge in [0.2, 0.25) is 0 Å². The van der Waals surface area contributed by atoms with E-state index in [0.717, 1.165) is 29.5 Å². The van der Waals surface area contributed by atoms with Crippen LogP contribution in [0.15, 0.2) is 53.0 Å². The molecule has 98 valence electrons. The van der Waals surface area contributed by atoms with Gasteiger partial charge in [-0.05, 0) is 35.7 Å². The Bertz CT molecular complexity index is 593. The summed E-state index contributed by atoms with van der Waals surface area (Å²) < 4.78 is 14.6. The maximum atomic E-state index is 13.4. The molecule has 0 bridgehead atoms. The van der Waals surface area contributed by atoms with Gasteiger partial charge in [0, 0.05) is 23.0 Å². The van der Waals surface area contributed by atoms with Gasteiger partial charge in [0.15, 0.2) is 0 Å². The molecule has 0 amide bonds. The minimum absolute atomic E-state index is 0.0198. The van der Waals surface area contributed by atoms with E-state index in [2.05, 4.69) is 33.4 Å². The molecule has 0 atom stereocenters. The maximum Gasteiger partial charge on any atom is 0.123 e. The van der Waals surface area contributed by atoms with Gasteiger partial charge in [0.05, 0.1) is 0 Å². The molecule has 1 saturated heterocycles. The molecule has 3 rings (SSSR count). The van der Waals surface area contributed by atoms with Gasteiger partial charge in [0.25, 0.3) is 0 Å². The van der Waals surface area contributed by atoms with Crippen LogP contribution in [0.2, 0.25) is 0 Å². The first-order valence-corrected chi connectivity index (χ1v) is 7.19. The molecule has 1 N–H and O–H groups in total. The summed E-state index contributed by atoms with van der Waals surface area (Å²) in [7, 11) is 0. The summed E-state index contributed by atoms with van der Waals surface area (Å²) in [6.07, 6.45) is 0.922. The molecule has 0 saturated carbocycles. The van der Waals surface area contributed by atoms with E-state index in [0.29, 0.717) is 0 Å². The molecule has 2 aromatic rings. The molecule has 0 radical (unpaired) electrons. The molecule has 0 spiro atoms. The van der Waals surface area contributed by atoms with Crippen LogP contribution in [-0.2, 0) is 11.8 Å². The van der Waals surface area contributed by atoms with Crippen molar-refractivity contribution >= 4 is 15.9 Å². The fourth-order valence-electron chi connectivity index (χ4n) is 2.68. The predicted molar refractivity (Wildman–Crippen MR) is 78.8 cm³/mol. The van der Waals surface area contributed by atoms with Crippen molar-refractivity contribution in [3.05, 3.63) is 69.9 Å². The lowest BCUT2D eigenvalue weighted by molar-refractivity contribution is 0.273. The Morgan fingerprint density at radius 3 is 2.53 bits per heavy atom. The highest BCUT2D eigenvalue weighted by molar-refractivity contribution is 9.10. The fourth-order valence-corrected chi connectivity index (χ4v) is 3.11. The van der Waals surface area contributed by atoms with Crippen LogP contribution in [0.25, 0.3) is 0 Å². The largest absolute Gasteiger partial charge is 0.315 e. The molecule has 3 heteroatoms. The molecule has 1 nitrogen and oxygen atoms in total. The number of hydrogen-bond acceptors (Lipinski definition) is 1. The van der Waals surface area contributed by atoms with Crippen LogP contribution in [0.1, 0.15) is 11.1 Å². The maximum absolute atomic E-state index is 13.4. The van der Waals surface area contributed by atoms with Crippen molar-refractivity contribution in [2.45, 2.75) is 11.8 Å². The monoisotopic (exact) mass is 319 g/mol. The highest BCUT2D eigenvalue weighted by Crippen LogP contribution is 2.34. The Labute approximate surface area is 121 Å². The van der Waals surface area contributed by atoms with Crippen LogP contribution in [-0.4, -0.2) is 13.1 Å². The standard InChI is InChI=1S/C16H15BrFN/c17-15-7-2-1-4-12(15)9-16(10-19-11-16)13-5-3-6-14(18)8-13/h1-8,19H,9-11H2. The third-order valence-corrected chi connectivity index (χ3v) is 4.62. The Hall–Kier alpha value is -1.19. The summed E-state index contributed by atoms with van der Waals surface area (Å²) in [6.45, 7) is 1.80. The summed E-state index contributed by atoms with van der Waals surface area (Å²) in [4.78, 5) is 0. The molecule has 0 aromatic heterocycles. The van der Waals surface area contributed by atoms with E-state index in [1.807, 2.05) is 18.2 Å². The molecular formula is C16H15BrFN. The lowest BCUT2D eigenvalue weighted by atomic mass is 9.71. The zero-order chi connectivity index (χ0) is 13.3.